The highest BCUT2D eigenvalue weighted by Crippen LogP contribution is 2.21. The summed E-state index contributed by atoms with van der Waals surface area (Å²) < 4.78 is 0. The molecule has 0 aromatic rings. The van der Waals surface area contributed by atoms with Crippen molar-refractivity contribution in [3.05, 3.63) is 12.3 Å². The highest BCUT2D eigenvalue weighted by Gasteiger charge is 2.23. The Morgan fingerprint density at radius 2 is 2.22 bits per heavy atom. The zero-order valence-electron chi connectivity index (χ0n) is 6.35. The minimum Gasteiger partial charge on any atom is -0.375 e. The molecule has 1 heteroatoms. The van der Waals surface area contributed by atoms with Crippen LogP contribution in [-0.4, -0.2) is 18.0 Å². The van der Waals surface area contributed by atoms with Gasteiger partial charge in [-0.1, -0.05) is 13.5 Å². The third-order valence-corrected chi connectivity index (χ3v) is 2.07. The van der Waals surface area contributed by atoms with E-state index in [1.54, 1.807) is 0 Å². The average Bonchev–Trinajstić information content (AvgIpc) is 1.61. The fourth-order valence-corrected chi connectivity index (χ4v) is 1.14. The highest BCUT2D eigenvalue weighted by molar-refractivity contribution is 4.96. The second kappa shape index (κ2) is 2.42. The van der Waals surface area contributed by atoms with E-state index in [-0.39, 0.29) is 0 Å². The monoisotopic (exact) mass is 125 g/mol. The van der Waals surface area contributed by atoms with Gasteiger partial charge in [0.2, 0.25) is 0 Å². The minimum atomic E-state index is 0.946. The maximum absolute atomic E-state index is 3.87. The topological polar surface area (TPSA) is 3.24 Å². The third kappa shape index (κ3) is 1.26. The van der Waals surface area contributed by atoms with Gasteiger partial charge in [-0.25, -0.2) is 0 Å². The smallest absolute Gasteiger partial charge is 0.0219 e. The number of rotatable bonds is 2. The van der Waals surface area contributed by atoms with Crippen LogP contribution in [0.15, 0.2) is 12.3 Å². The van der Waals surface area contributed by atoms with Gasteiger partial charge in [-0.05, 0) is 19.3 Å². The van der Waals surface area contributed by atoms with Crippen molar-refractivity contribution in [3.8, 4) is 0 Å². The first-order valence-electron chi connectivity index (χ1n) is 3.64. The Hall–Kier alpha value is -0.460. The summed E-state index contributed by atoms with van der Waals surface area (Å²) in [6, 6.07) is 0. The van der Waals surface area contributed by atoms with Crippen molar-refractivity contribution in [1.29, 1.82) is 0 Å². The molecule has 0 aromatic heterocycles. The second-order valence-corrected chi connectivity index (χ2v) is 2.91. The molecule has 1 rings (SSSR count). The van der Waals surface area contributed by atoms with Crippen molar-refractivity contribution in [2.24, 2.45) is 5.92 Å². The number of hydrogen-bond donors (Lipinski definition) is 0. The molecule has 52 valence electrons. The van der Waals surface area contributed by atoms with E-state index in [0.29, 0.717) is 0 Å². The van der Waals surface area contributed by atoms with Crippen molar-refractivity contribution < 1.29 is 0 Å². The van der Waals surface area contributed by atoms with Crippen LogP contribution in [0, 0.1) is 5.92 Å². The average molecular weight is 125 g/mol. The van der Waals surface area contributed by atoms with E-state index in [2.05, 4.69) is 25.3 Å². The van der Waals surface area contributed by atoms with E-state index < -0.39 is 0 Å². The van der Waals surface area contributed by atoms with Gasteiger partial charge in [-0.3, -0.25) is 0 Å². The Balaban J connectivity index is 2.19. The quantitative estimate of drug-likeness (QED) is 0.544. The molecule has 1 saturated heterocycles. The Kier molecular flexibility index (Phi) is 1.79. The van der Waals surface area contributed by atoms with Crippen molar-refractivity contribution in [2.75, 3.05) is 13.1 Å². The molecule has 0 bridgehead atoms. The van der Waals surface area contributed by atoms with Gasteiger partial charge < -0.3 is 4.90 Å². The molecule has 0 N–H and O–H groups in total. The molecule has 0 amide bonds. The lowest BCUT2D eigenvalue weighted by atomic mass is 9.97. The van der Waals surface area contributed by atoms with Gasteiger partial charge in [0.15, 0.2) is 0 Å². The number of allylic oxidation sites excluding steroid dienone is 1. The second-order valence-electron chi connectivity index (χ2n) is 2.91. The molecule has 0 spiro atoms. The predicted molar refractivity (Wildman–Crippen MR) is 40.2 cm³/mol. The van der Waals surface area contributed by atoms with E-state index in [4.69, 9.17) is 0 Å². The van der Waals surface area contributed by atoms with Gasteiger partial charge in [0, 0.05) is 18.8 Å². The van der Waals surface area contributed by atoms with Crippen molar-refractivity contribution in [3.63, 3.8) is 0 Å². The van der Waals surface area contributed by atoms with Gasteiger partial charge in [0.05, 0.1) is 0 Å². The van der Waals surface area contributed by atoms with Crippen LogP contribution in [0.3, 0.4) is 0 Å². The fourth-order valence-electron chi connectivity index (χ4n) is 1.14. The molecule has 1 aliphatic heterocycles. The first-order chi connectivity index (χ1) is 4.24. The standard InChI is InChI=1S/C8H15N/c1-4-8-5-9(6-8)7(2)3/h8H,2,4-6H2,1,3H3. The molecular weight excluding hydrogens is 110 g/mol. The first-order valence-corrected chi connectivity index (χ1v) is 3.64. The summed E-state index contributed by atoms with van der Waals surface area (Å²) >= 11 is 0. The van der Waals surface area contributed by atoms with Gasteiger partial charge >= 0.3 is 0 Å². The van der Waals surface area contributed by atoms with Crippen molar-refractivity contribution >= 4 is 0 Å². The summed E-state index contributed by atoms with van der Waals surface area (Å²) in [6.07, 6.45) is 1.32. The number of likely N-dealkylation sites (tertiary alicyclic amines) is 1. The van der Waals surface area contributed by atoms with Gasteiger partial charge in [-0.15, -0.1) is 0 Å². The normalized spacial score (nSPS) is 19.6. The first kappa shape index (κ1) is 6.66. The summed E-state index contributed by atoms with van der Waals surface area (Å²) in [5.74, 6) is 0.946. The molecule has 0 atom stereocenters. The molecular formula is C8H15N. The zero-order chi connectivity index (χ0) is 6.85. The zero-order valence-corrected chi connectivity index (χ0v) is 6.35. The summed E-state index contributed by atoms with van der Waals surface area (Å²) in [5.41, 5.74) is 1.22. The molecule has 1 aliphatic rings. The molecule has 1 heterocycles. The van der Waals surface area contributed by atoms with E-state index in [1.165, 1.54) is 25.2 Å². The van der Waals surface area contributed by atoms with Gasteiger partial charge in [0.1, 0.15) is 0 Å². The molecule has 0 aromatic carbocycles. The molecule has 9 heavy (non-hydrogen) atoms. The summed E-state index contributed by atoms with van der Waals surface area (Å²) in [6.45, 7) is 10.7. The third-order valence-electron chi connectivity index (χ3n) is 2.07. The summed E-state index contributed by atoms with van der Waals surface area (Å²) in [5, 5.41) is 0. The van der Waals surface area contributed by atoms with Gasteiger partial charge in [0.25, 0.3) is 0 Å². The summed E-state index contributed by atoms with van der Waals surface area (Å²) in [7, 11) is 0. The van der Waals surface area contributed by atoms with Crippen LogP contribution < -0.4 is 0 Å². The highest BCUT2D eigenvalue weighted by atomic mass is 15.2. The van der Waals surface area contributed by atoms with Gasteiger partial charge in [-0.2, -0.15) is 0 Å². The molecule has 0 saturated carbocycles. The molecule has 0 radical (unpaired) electrons. The summed E-state index contributed by atoms with van der Waals surface area (Å²) in [4.78, 5) is 2.33. The van der Waals surface area contributed by atoms with E-state index in [1.807, 2.05) is 0 Å². The van der Waals surface area contributed by atoms with E-state index in [9.17, 15) is 0 Å². The van der Waals surface area contributed by atoms with Crippen LogP contribution in [-0.2, 0) is 0 Å². The van der Waals surface area contributed by atoms with Crippen LogP contribution >= 0.6 is 0 Å². The van der Waals surface area contributed by atoms with Crippen LogP contribution in [0.25, 0.3) is 0 Å². The largest absolute Gasteiger partial charge is 0.375 e. The van der Waals surface area contributed by atoms with Crippen LogP contribution in [0.5, 0.6) is 0 Å². The van der Waals surface area contributed by atoms with Crippen LogP contribution in [0.4, 0.5) is 0 Å². The number of nitrogens with zero attached hydrogens (tertiary/aromatic N) is 1. The Morgan fingerprint density at radius 1 is 1.67 bits per heavy atom. The lowest BCUT2D eigenvalue weighted by Gasteiger charge is -2.40. The lowest BCUT2D eigenvalue weighted by molar-refractivity contribution is 0.140. The fraction of sp³-hybridized carbons (Fsp3) is 0.750. The SMILES string of the molecule is C=C(C)N1CC(CC)C1. The van der Waals surface area contributed by atoms with Crippen molar-refractivity contribution in [2.45, 2.75) is 20.3 Å². The van der Waals surface area contributed by atoms with Crippen LogP contribution in [0.2, 0.25) is 0 Å². The Bertz CT molecular complexity index is 112. The van der Waals surface area contributed by atoms with E-state index in [0.717, 1.165) is 5.92 Å². The maximum atomic E-state index is 3.87. The molecule has 0 aliphatic carbocycles. The minimum absolute atomic E-state index is 0.946. The molecule has 0 unspecified atom stereocenters. The predicted octanol–water partition coefficient (Wildman–Crippen LogP) is 1.86. The van der Waals surface area contributed by atoms with Crippen molar-refractivity contribution in [1.82, 2.24) is 4.90 Å². The molecule has 1 fully saturated rings. The lowest BCUT2D eigenvalue weighted by Crippen LogP contribution is -2.44. The van der Waals surface area contributed by atoms with E-state index >= 15 is 0 Å². The molecule has 1 nitrogen and oxygen atoms in total. The number of hydrogen-bond acceptors (Lipinski definition) is 1. The van der Waals surface area contributed by atoms with Crippen LogP contribution in [0.1, 0.15) is 20.3 Å². The Morgan fingerprint density at radius 3 is 2.56 bits per heavy atom. The Labute approximate surface area is 57.4 Å². The maximum Gasteiger partial charge on any atom is 0.0219 e.